The van der Waals surface area contributed by atoms with Crippen molar-refractivity contribution < 1.29 is 13.2 Å². The summed E-state index contributed by atoms with van der Waals surface area (Å²) in [5.74, 6) is 0. The number of benzene rings is 2. The number of rotatable bonds is 7. The van der Waals surface area contributed by atoms with Gasteiger partial charge < -0.3 is 10.5 Å². The summed E-state index contributed by atoms with van der Waals surface area (Å²) in [6, 6.07) is 18.3. The number of morpholine rings is 1. The number of nitrogens with zero attached hydrogens (tertiary/aromatic N) is 2. The van der Waals surface area contributed by atoms with Crippen molar-refractivity contribution in [3.63, 3.8) is 0 Å². The van der Waals surface area contributed by atoms with Crippen LogP contribution in [0.2, 0.25) is 5.02 Å². The summed E-state index contributed by atoms with van der Waals surface area (Å²) in [6.45, 7) is 6.37. The SMILES string of the molecule is CC1CN(CC(N)=CC(=Nc2ccccc2Cl)c2ccc(-c3cccc(S(C)(=O)=O)c3)s2)CC(C)O1. The second-order valence-corrected chi connectivity index (χ2v) is 12.6. The van der Waals surface area contributed by atoms with Crippen LogP contribution in [0.4, 0.5) is 5.69 Å². The Kier molecular flexibility index (Phi) is 8.32. The van der Waals surface area contributed by atoms with E-state index in [2.05, 4.69) is 18.7 Å². The molecule has 9 heteroatoms. The van der Waals surface area contributed by atoms with Gasteiger partial charge in [-0.15, -0.1) is 11.3 Å². The van der Waals surface area contributed by atoms with Crippen LogP contribution in [0.25, 0.3) is 10.4 Å². The number of ether oxygens (including phenoxy) is 1. The number of hydrogen-bond acceptors (Lipinski definition) is 7. The summed E-state index contributed by atoms with van der Waals surface area (Å²) < 4.78 is 29.9. The normalized spacial score (nSPS) is 20.0. The zero-order chi connectivity index (χ0) is 25.9. The van der Waals surface area contributed by atoms with Crippen molar-refractivity contribution in [1.29, 1.82) is 0 Å². The molecular weight excluding hydrogens is 514 g/mol. The maximum Gasteiger partial charge on any atom is 0.175 e. The summed E-state index contributed by atoms with van der Waals surface area (Å²) in [6.07, 6.45) is 3.42. The molecule has 2 heterocycles. The van der Waals surface area contributed by atoms with Gasteiger partial charge in [0.05, 0.1) is 38.4 Å². The third-order valence-electron chi connectivity index (χ3n) is 5.72. The van der Waals surface area contributed by atoms with Crippen molar-refractivity contribution in [2.24, 2.45) is 10.7 Å². The van der Waals surface area contributed by atoms with Crippen LogP contribution in [0, 0.1) is 0 Å². The Bertz CT molecular complexity index is 1390. The van der Waals surface area contributed by atoms with Crippen LogP contribution in [0.5, 0.6) is 0 Å². The number of aliphatic imine (C=N–C) groups is 1. The maximum atomic E-state index is 12.0. The second kappa shape index (κ2) is 11.3. The number of halogens is 1. The van der Waals surface area contributed by atoms with E-state index >= 15 is 0 Å². The molecule has 1 fully saturated rings. The van der Waals surface area contributed by atoms with Crippen molar-refractivity contribution in [2.75, 3.05) is 25.9 Å². The Morgan fingerprint density at radius 3 is 2.56 bits per heavy atom. The van der Waals surface area contributed by atoms with Crippen molar-refractivity contribution >= 4 is 44.2 Å². The molecule has 0 amide bonds. The van der Waals surface area contributed by atoms with Gasteiger partial charge in [-0.05, 0) is 61.9 Å². The van der Waals surface area contributed by atoms with Gasteiger partial charge in [0.15, 0.2) is 9.84 Å². The Balaban J connectivity index is 1.68. The molecule has 0 aliphatic carbocycles. The minimum absolute atomic E-state index is 0.153. The molecule has 1 aromatic heterocycles. The van der Waals surface area contributed by atoms with Gasteiger partial charge in [0, 0.05) is 36.5 Å². The lowest BCUT2D eigenvalue weighted by Gasteiger charge is -2.35. The standard InChI is InChI=1S/C27H30ClN3O3S2/c1-18-15-31(16-19(2)34-18)17-21(29)14-25(30-24-10-5-4-9-23(24)28)27-12-11-26(35-27)20-7-6-8-22(13-20)36(3,32)33/h4-14,18-19H,15-17,29H2,1-3H3. The Morgan fingerprint density at radius 1 is 1.14 bits per heavy atom. The van der Waals surface area contributed by atoms with Gasteiger partial charge in [-0.1, -0.05) is 35.9 Å². The van der Waals surface area contributed by atoms with E-state index in [1.54, 1.807) is 24.3 Å². The van der Waals surface area contributed by atoms with Gasteiger partial charge in [0.2, 0.25) is 0 Å². The molecule has 190 valence electrons. The summed E-state index contributed by atoms with van der Waals surface area (Å²) >= 11 is 7.93. The zero-order valence-corrected chi connectivity index (χ0v) is 22.9. The average molecular weight is 544 g/mol. The van der Waals surface area contributed by atoms with E-state index < -0.39 is 9.84 Å². The third-order valence-corrected chi connectivity index (χ3v) is 8.31. The van der Waals surface area contributed by atoms with Crippen LogP contribution < -0.4 is 5.73 Å². The number of para-hydroxylation sites is 1. The van der Waals surface area contributed by atoms with E-state index in [1.807, 2.05) is 42.5 Å². The lowest BCUT2D eigenvalue weighted by Crippen LogP contribution is -2.46. The lowest BCUT2D eigenvalue weighted by atomic mass is 10.2. The smallest absolute Gasteiger partial charge is 0.175 e. The van der Waals surface area contributed by atoms with E-state index in [4.69, 9.17) is 27.1 Å². The molecular formula is C27H30ClN3O3S2. The highest BCUT2D eigenvalue weighted by atomic mass is 35.5. The van der Waals surface area contributed by atoms with Gasteiger partial charge in [0.25, 0.3) is 0 Å². The molecule has 2 N–H and O–H groups in total. The zero-order valence-electron chi connectivity index (χ0n) is 20.5. The summed E-state index contributed by atoms with van der Waals surface area (Å²) in [5, 5.41) is 0.551. The first-order valence-corrected chi connectivity index (χ1v) is 14.7. The molecule has 0 saturated carbocycles. The van der Waals surface area contributed by atoms with Crippen LogP contribution in [-0.4, -0.2) is 57.1 Å². The molecule has 36 heavy (non-hydrogen) atoms. The molecule has 0 radical (unpaired) electrons. The first-order chi connectivity index (χ1) is 17.1. The number of hydrogen-bond donors (Lipinski definition) is 1. The van der Waals surface area contributed by atoms with Gasteiger partial charge >= 0.3 is 0 Å². The van der Waals surface area contributed by atoms with Crippen LogP contribution in [-0.2, 0) is 14.6 Å². The van der Waals surface area contributed by atoms with Gasteiger partial charge in [-0.25, -0.2) is 13.4 Å². The number of nitrogens with two attached hydrogens (primary N) is 1. The average Bonchev–Trinajstić information content (AvgIpc) is 3.29. The van der Waals surface area contributed by atoms with Gasteiger partial charge in [-0.3, -0.25) is 4.90 Å². The van der Waals surface area contributed by atoms with E-state index in [-0.39, 0.29) is 17.1 Å². The fourth-order valence-corrected chi connectivity index (χ4v) is 6.04. The molecule has 3 aromatic rings. The largest absolute Gasteiger partial charge is 0.401 e. The monoisotopic (exact) mass is 543 g/mol. The second-order valence-electron chi connectivity index (χ2n) is 9.08. The lowest BCUT2D eigenvalue weighted by molar-refractivity contribution is -0.0653. The Hall–Kier alpha value is -2.49. The van der Waals surface area contributed by atoms with Crippen molar-refractivity contribution in [1.82, 2.24) is 4.90 Å². The molecule has 1 aliphatic rings. The molecule has 0 bridgehead atoms. The third kappa shape index (κ3) is 6.83. The Labute approximate surface area is 222 Å². The van der Waals surface area contributed by atoms with E-state index in [9.17, 15) is 8.42 Å². The van der Waals surface area contributed by atoms with Gasteiger partial charge in [-0.2, -0.15) is 0 Å². The van der Waals surface area contributed by atoms with Crippen molar-refractivity contribution in [3.05, 3.63) is 82.3 Å². The molecule has 0 spiro atoms. The first kappa shape index (κ1) is 26.6. The number of thiophene rings is 1. The fraction of sp³-hybridized carbons (Fsp3) is 0.296. The Morgan fingerprint density at radius 2 is 1.86 bits per heavy atom. The molecule has 2 aromatic carbocycles. The first-order valence-electron chi connectivity index (χ1n) is 11.7. The highest BCUT2D eigenvalue weighted by Crippen LogP contribution is 2.32. The summed E-state index contributed by atoms with van der Waals surface area (Å²) in [4.78, 5) is 9.27. The topological polar surface area (TPSA) is 85.0 Å². The van der Waals surface area contributed by atoms with Crippen LogP contribution in [0.3, 0.4) is 0 Å². The molecule has 2 unspecified atom stereocenters. The van der Waals surface area contributed by atoms with Crippen molar-refractivity contribution in [3.8, 4) is 10.4 Å². The van der Waals surface area contributed by atoms with Crippen LogP contribution in [0.1, 0.15) is 18.7 Å². The molecule has 2 atom stereocenters. The van der Waals surface area contributed by atoms with E-state index in [0.717, 1.165) is 28.4 Å². The minimum atomic E-state index is -3.30. The highest BCUT2D eigenvalue weighted by molar-refractivity contribution is 7.90. The predicted octanol–water partition coefficient (Wildman–Crippen LogP) is 5.54. The van der Waals surface area contributed by atoms with Crippen LogP contribution in [0.15, 0.2) is 82.3 Å². The number of allylic oxidation sites excluding steroid dienone is 1. The number of sulfone groups is 1. The molecule has 1 saturated heterocycles. The molecule has 4 rings (SSSR count). The van der Waals surface area contributed by atoms with Gasteiger partial charge in [0.1, 0.15) is 0 Å². The predicted molar refractivity (Wildman–Crippen MR) is 149 cm³/mol. The highest BCUT2D eigenvalue weighted by Gasteiger charge is 2.22. The van der Waals surface area contributed by atoms with E-state index in [0.29, 0.717) is 28.7 Å². The minimum Gasteiger partial charge on any atom is -0.401 e. The van der Waals surface area contributed by atoms with Crippen LogP contribution >= 0.6 is 22.9 Å². The summed E-state index contributed by atoms with van der Waals surface area (Å²) in [7, 11) is -3.30. The fourth-order valence-electron chi connectivity index (χ4n) is 4.23. The molecule has 6 nitrogen and oxygen atoms in total. The maximum absolute atomic E-state index is 12.0. The summed E-state index contributed by atoms with van der Waals surface area (Å²) in [5.41, 5.74) is 9.39. The quantitative estimate of drug-likeness (QED) is 0.395. The van der Waals surface area contributed by atoms with E-state index in [1.165, 1.54) is 17.6 Å². The molecule has 1 aliphatic heterocycles. The van der Waals surface area contributed by atoms with Crippen molar-refractivity contribution in [2.45, 2.75) is 31.0 Å².